The van der Waals surface area contributed by atoms with Crippen LogP contribution in [0.1, 0.15) is 30.5 Å². The predicted molar refractivity (Wildman–Crippen MR) is 137 cm³/mol. The number of hydrogen-bond donors (Lipinski definition) is 3. The molecule has 0 bridgehead atoms. The van der Waals surface area contributed by atoms with E-state index < -0.39 is 0 Å². The molecule has 0 unspecified atom stereocenters. The SMILES string of the molecule is CC(=NNc1nc(Nc2ccccc2)nc(NN=C(C)c2ccncc2)c1C)c1ccncc1. The minimum absolute atomic E-state index is 0.412. The zero-order valence-corrected chi connectivity index (χ0v) is 19.2. The quantitative estimate of drug-likeness (QED) is 0.255. The lowest BCUT2D eigenvalue weighted by atomic mass is 10.2. The average Bonchev–Trinajstić information content (AvgIpc) is 2.89. The van der Waals surface area contributed by atoms with Crippen LogP contribution in [-0.4, -0.2) is 31.4 Å². The van der Waals surface area contributed by atoms with E-state index in [1.807, 2.05) is 75.4 Å². The van der Waals surface area contributed by atoms with Crippen LogP contribution in [0.4, 0.5) is 23.3 Å². The third-order valence-electron chi connectivity index (χ3n) is 5.03. The van der Waals surface area contributed by atoms with Crippen molar-refractivity contribution in [3.05, 3.63) is 96.1 Å². The van der Waals surface area contributed by atoms with E-state index in [2.05, 4.69) is 46.3 Å². The molecule has 0 spiro atoms. The summed E-state index contributed by atoms with van der Waals surface area (Å²) >= 11 is 0. The van der Waals surface area contributed by atoms with Gasteiger partial charge in [0.25, 0.3) is 0 Å². The number of para-hydroxylation sites is 1. The zero-order valence-electron chi connectivity index (χ0n) is 19.2. The van der Waals surface area contributed by atoms with Crippen LogP contribution in [0, 0.1) is 6.92 Å². The highest BCUT2D eigenvalue weighted by molar-refractivity contribution is 5.99. The average molecular weight is 452 g/mol. The normalized spacial score (nSPS) is 11.7. The molecule has 0 aliphatic rings. The molecule has 0 saturated carbocycles. The van der Waals surface area contributed by atoms with Crippen LogP contribution in [0.2, 0.25) is 0 Å². The molecule has 0 fully saturated rings. The largest absolute Gasteiger partial charge is 0.324 e. The smallest absolute Gasteiger partial charge is 0.231 e. The molecule has 0 amide bonds. The van der Waals surface area contributed by atoms with Crippen molar-refractivity contribution >= 4 is 34.7 Å². The number of aromatic nitrogens is 4. The van der Waals surface area contributed by atoms with E-state index in [1.165, 1.54) is 0 Å². The summed E-state index contributed by atoms with van der Waals surface area (Å²) in [6, 6.07) is 17.3. The van der Waals surface area contributed by atoms with Crippen LogP contribution >= 0.6 is 0 Å². The standard InChI is InChI=1S/C25H25N9/c1-17-23(33-31-18(2)20-9-13-26-14-10-20)29-25(28-22-7-5-4-6-8-22)30-24(17)34-32-19(3)21-11-15-27-16-12-21/h4-16H,1-3H3,(H3,28,29,30,33,34). The zero-order chi connectivity index (χ0) is 23.8. The molecular weight excluding hydrogens is 426 g/mol. The maximum Gasteiger partial charge on any atom is 0.231 e. The third kappa shape index (κ3) is 5.77. The fourth-order valence-corrected chi connectivity index (χ4v) is 3.03. The number of benzene rings is 1. The van der Waals surface area contributed by atoms with Gasteiger partial charge in [-0.25, -0.2) is 0 Å². The summed E-state index contributed by atoms with van der Waals surface area (Å²) < 4.78 is 0. The van der Waals surface area contributed by atoms with Crippen molar-refractivity contribution in [3.8, 4) is 0 Å². The number of rotatable bonds is 8. The molecule has 0 radical (unpaired) electrons. The fourth-order valence-electron chi connectivity index (χ4n) is 3.03. The molecular formula is C25H25N9. The van der Waals surface area contributed by atoms with Gasteiger partial charge < -0.3 is 5.32 Å². The number of nitrogens with zero attached hydrogens (tertiary/aromatic N) is 6. The van der Waals surface area contributed by atoms with Crippen molar-refractivity contribution in [1.29, 1.82) is 0 Å². The van der Waals surface area contributed by atoms with Gasteiger partial charge in [0.05, 0.1) is 11.4 Å². The summed E-state index contributed by atoms with van der Waals surface area (Å²) in [5.74, 6) is 1.53. The van der Waals surface area contributed by atoms with Crippen molar-refractivity contribution in [2.75, 3.05) is 16.2 Å². The highest BCUT2D eigenvalue weighted by Crippen LogP contribution is 2.24. The van der Waals surface area contributed by atoms with Gasteiger partial charge in [0.2, 0.25) is 5.95 Å². The van der Waals surface area contributed by atoms with E-state index in [4.69, 9.17) is 0 Å². The highest BCUT2D eigenvalue weighted by Gasteiger charge is 2.12. The number of pyridine rings is 2. The molecule has 4 aromatic rings. The highest BCUT2D eigenvalue weighted by atomic mass is 15.4. The molecule has 1 aromatic carbocycles. The van der Waals surface area contributed by atoms with Gasteiger partial charge in [0.1, 0.15) is 0 Å². The van der Waals surface area contributed by atoms with Crippen molar-refractivity contribution in [2.24, 2.45) is 10.2 Å². The minimum Gasteiger partial charge on any atom is -0.324 e. The van der Waals surface area contributed by atoms with Crippen LogP contribution in [0.25, 0.3) is 0 Å². The second kappa shape index (κ2) is 10.8. The van der Waals surface area contributed by atoms with E-state index in [1.54, 1.807) is 24.8 Å². The second-order valence-corrected chi connectivity index (χ2v) is 7.45. The van der Waals surface area contributed by atoms with Gasteiger partial charge in [0, 0.05) is 47.2 Å². The lowest BCUT2D eigenvalue weighted by Gasteiger charge is -2.13. The predicted octanol–water partition coefficient (Wildman–Crippen LogP) is 4.99. The summed E-state index contributed by atoms with van der Waals surface area (Å²) in [5.41, 5.74) is 11.3. The Bertz CT molecular complexity index is 1210. The van der Waals surface area contributed by atoms with Crippen molar-refractivity contribution in [1.82, 2.24) is 19.9 Å². The first-order valence-corrected chi connectivity index (χ1v) is 10.7. The first kappa shape index (κ1) is 22.5. The van der Waals surface area contributed by atoms with E-state index in [0.29, 0.717) is 17.6 Å². The lowest BCUT2D eigenvalue weighted by Crippen LogP contribution is -2.09. The van der Waals surface area contributed by atoms with E-state index in [9.17, 15) is 0 Å². The van der Waals surface area contributed by atoms with Crippen LogP contribution in [-0.2, 0) is 0 Å². The Kier molecular flexibility index (Phi) is 7.14. The maximum atomic E-state index is 4.63. The summed E-state index contributed by atoms with van der Waals surface area (Å²) in [4.78, 5) is 17.4. The maximum absolute atomic E-state index is 4.63. The Balaban J connectivity index is 1.64. The summed E-state index contributed by atoms with van der Waals surface area (Å²) in [7, 11) is 0. The van der Waals surface area contributed by atoms with E-state index in [0.717, 1.165) is 33.8 Å². The lowest BCUT2D eigenvalue weighted by molar-refractivity contribution is 1.09. The number of hydrazone groups is 2. The molecule has 3 N–H and O–H groups in total. The molecule has 9 nitrogen and oxygen atoms in total. The number of nitrogens with one attached hydrogen (secondary N) is 3. The minimum atomic E-state index is 0.412. The summed E-state index contributed by atoms with van der Waals surface area (Å²) in [6.07, 6.45) is 6.93. The van der Waals surface area contributed by atoms with Gasteiger partial charge in [-0.1, -0.05) is 18.2 Å². The number of hydrogen-bond acceptors (Lipinski definition) is 9. The van der Waals surface area contributed by atoms with Gasteiger partial charge in [0.15, 0.2) is 11.6 Å². The Hall–Kier alpha value is -4.66. The molecule has 4 rings (SSSR count). The molecule has 3 heterocycles. The molecule has 0 saturated heterocycles. The Labute approximate surface area is 198 Å². The van der Waals surface area contributed by atoms with Crippen molar-refractivity contribution in [3.63, 3.8) is 0 Å². The summed E-state index contributed by atoms with van der Waals surface area (Å²) in [6.45, 7) is 5.75. The van der Waals surface area contributed by atoms with Gasteiger partial charge in [-0.05, 0) is 57.2 Å². The van der Waals surface area contributed by atoms with E-state index >= 15 is 0 Å². The second-order valence-electron chi connectivity index (χ2n) is 7.45. The van der Waals surface area contributed by atoms with Gasteiger partial charge in [-0.2, -0.15) is 20.2 Å². The third-order valence-corrected chi connectivity index (χ3v) is 5.03. The van der Waals surface area contributed by atoms with Crippen molar-refractivity contribution in [2.45, 2.75) is 20.8 Å². The molecule has 9 heteroatoms. The Morgan fingerprint density at radius 1 is 0.676 bits per heavy atom. The molecule has 170 valence electrons. The van der Waals surface area contributed by atoms with Gasteiger partial charge in [-0.15, -0.1) is 0 Å². The molecule has 0 aliphatic heterocycles. The summed E-state index contributed by atoms with van der Waals surface area (Å²) in [5, 5.41) is 12.3. The molecule has 0 aliphatic carbocycles. The van der Waals surface area contributed by atoms with Crippen LogP contribution in [0.3, 0.4) is 0 Å². The first-order chi connectivity index (χ1) is 16.6. The van der Waals surface area contributed by atoms with Gasteiger partial charge in [-0.3, -0.25) is 20.8 Å². The molecule has 0 atom stereocenters. The topological polar surface area (TPSA) is 112 Å². The van der Waals surface area contributed by atoms with E-state index in [-0.39, 0.29) is 0 Å². The van der Waals surface area contributed by atoms with Gasteiger partial charge >= 0.3 is 0 Å². The van der Waals surface area contributed by atoms with Crippen LogP contribution in [0.15, 0.2) is 89.6 Å². The monoisotopic (exact) mass is 451 g/mol. The fraction of sp³-hybridized carbons (Fsp3) is 0.120. The van der Waals surface area contributed by atoms with Crippen molar-refractivity contribution < 1.29 is 0 Å². The van der Waals surface area contributed by atoms with Crippen LogP contribution < -0.4 is 16.2 Å². The molecule has 3 aromatic heterocycles. The first-order valence-electron chi connectivity index (χ1n) is 10.7. The Morgan fingerprint density at radius 3 is 1.62 bits per heavy atom. The van der Waals surface area contributed by atoms with Crippen LogP contribution in [0.5, 0.6) is 0 Å². The Morgan fingerprint density at radius 2 is 1.15 bits per heavy atom. The number of anilines is 4. The molecule has 34 heavy (non-hydrogen) atoms.